The van der Waals surface area contributed by atoms with Crippen molar-refractivity contribution in [3.8, 4) is 11.5 Å². The van der Waals surface area contributed by atoms with E-state index in [0.29, 0.717) is 51.3 Å². The van der Waals surface area contributed by atoms with Crippen molar-refractivity contribution in [3.05, 3.63) is 89.3 Å². The third kappa shape index (κ3) is 3.96. The number of carbonyl (C=O) groups is 2. The molecule has 0 radical (unpaired) electrons. The maximum atomic E-state index is 13.5. The van der Waals surface area contributed by atoms with Crippen molar-refractivity contribution in [2.24, 2.45) is 0 Å². The van der Waals surface area contributed by atoms with Gasteiger partial charge in [0.1, 0.15) is 11.5 Å². The fraction of sp³-hybridized carbons (Fsp3) is 0.310. The number of fused-ring (bicyclic) bond motifs is 1. The van der Waals surface area contributed by atoms with Crippen LogP contribution in [-0.2, 0) is 36.0 Å². The van der Waals surface area contributed by atoms with Crippen molar-refractivity contribution in [1.29, 1.82) is 0 Å². The fourth-order valence-corrected chi connectivity index (χ4v) is 7.37. The molecule has 4 rings (SSSR count). The Morgan fingerprint density at radius 1 is 0.811 bits per heavy atom. The molecule has 3 aromatic carbocycles. The molecule has 6 nitrogen and oxygen atoms in total. The van der Waals surface area contributed by atoms with E-state index in [9.17, 15) is 24.9 Å². The van der Waals surface area contributed by atoms with Crippen LogP contribution in [-0.4, -0.2) is 27.3 Å². The molecule has 0 unspecified atom stereocenters. The highest BCUT2D eigenvalue weighted by atomic mass is 79.9. The van der Waals surface area contributed by atoms with Crippen molar-refractivity contribution >= 4 is 43.8 Å². The smallest absolute Gasteiger partial charge is 0.341 e. The van der Waals surface area contributed by atoms with Gasteiger partial charge in [-0.05, 0) is 66.1 Å². The highest BCUT2D eigenvalue weighted by Crippen LogP contribution is 2.55. The quantitative estimate of drug-likeness (QED) is 0.242. The molecule has 1 aliphatic heterocycles. The molecule has 0 spiro atoms. The molecular weight excluding hydrogens is 604 g/mol. The van der Waals surface area contributed by atoms with E-state index in [4.69, 9.17) is 4.74 Å². The zero-order valence-corrected chi connectivity index (χ0v) is 24.2. The highest BCUT2D eigenvalue weighted by molar-refractivity contribution is 9.11. The third-order valence-corrected chi connectivity index (χ3v) is 9.02. The molecule has 0 aliphatic carbocycles. The summed E-state index contributed by atoms with van der Waals surface area (Å²) in [5.41, 5.74) is 2.61. The normalized spacial score (nSPS) is 13.9. The molecule has 3 N–H and O–H groups in total. The van der Waals surface area contributed by atoms with E-state index >= 15 is 0 Å². The van der Waals surface area contributed by atoms with Crippen LogP contribution in [0.5, 0.6) is 11.5 Å². The van der Waals surface area contributed by atoms with Crippen LogP contribution in [0.4, 0.5) is 0 Å². The minimum Gasteiger partial charge on any atom is -0.508 e. The van der Waals surface area contributed by atoms with Crippen molar-refractivity contribution in [3.63, 3.8) is 0 Å². The Balaban J connectivity index is 2.25. The first kappa shape index (κ1) is 27.2. The lowest BCUT2D eigenvalue weighted by Crippen LogP contribution is -2.31. The number of esters is 1. The fourth-order valence-electron chi connectivity index (χ4n) is 5.55. The molecule has 0 atom stereocenters. The average Bonchev–Trinajstić information content (AvgIpc) is 3.18. The Bertz CT molecular complexity index is 1380. The second kappa shape index (κ2) is 10.1. The number of carboxylic acids is 1. The Morgan fingerprint density at radius 3 is 1.68 bits per heavy atom. The van der Waals surface area contributed by atoms with Crippen molar-refractivity contribution < 1.29 is 29.6 Å². The van der Waals surface area contributed by atoms with Gasteiger partial charge in [0.05, 0.1) is 11.1 Å². The van der Waals surface area contributed by atoms with Gasteiger partial charge in [-0.3, -0.25) is 0 Å². The molecule has 0 bridgehead atoms. The minimum atomic E-state index is -1.64. The monoisotopic (exact) mass is 630 g/mol. The molecular formula is C29H28Br2O6. The number of carbonyl (C=O) groups excluding carboxylic acids is 1. The van der Waals surface area contributed by atoms with E-state index in [2.05, 4.69) is 31.9 Å². The number of rotatable bonds is 7. The summed E-state index contributed by atoms with van der Waals surface area (Å²) in [6.07, 6.45) is 2.38. The Hall–Kier alpha value is -2.84. The number of phenols is 2. The van der Waals surface area contributed by atoms with Crippen LogP contribution < -0.4 is 0 Å². The number of hydrogen-bond donors (Lipinski definition) is 3. The van der Waals surface area contributed by atoms with Gasteiger partial charge < -0.3 is 20.1 Å². The van der Waals surface area contributed by atoms with Crippen LogP contribution in [0.3, 0.4) is 0 Å². The van der Waals surface area contributed by atoms with Crippen LogP contribution in [0.2, 0.25) is 0 Å². The summed E-state index contributed by atoms with van der Waals surface area (Å²) in [7, 11) is 0. The molecule has 0 fully saturated rings. The summed E-state index contributed by atoms with van der Waals surface area (Å²) >= 11 is 7.48. The predicted octanol–water partition coefficient (Wildman–Crippen LogP) is 7.03. The summed E-state index contributed by atoms with van der Waals surface area (Å²) in [5, 5.41) is 32.1. The molecule has 1 aliphatic rings. The number of phenolic OH excluding ortho intramolecular Hbond substituents is 2. The Kier molecular flexibility index (Phi) is 7.45. The Labute approximate surface area is 232 Å². The van der Waals surface area contributed by atoms with Crippen LogP contribution in [0.1, 0.15) is 87.4 Å². The van der Waals surface area contributed by atoms with Gasteiger partial charge in [0, 0.05) is 25.6 Å². The van der Waals surface area contributed by atoms with Gasteiger partial charge in [-0.1, -0.05) is 71.7 Å². The molecule has 3 aromatic rings. The summed E-state index contributed by atoms with van der Waals surface area (Å²) in [6, 6.07) is 7.75. The molecule has 0 amide bonds. The van der Waals surface area contributed by atoms with E-state index < -0.39 is 17.5 Å². The van der Waals surface area contributed by atoms with E-state index in [0.717, 1.165) is 22.3 Å². The molecule has 37 heavy (non-hydrogen) atoms. The van der Waals surface area contributed by atoms with Gasteiger partial charge in [0.2, 0.25) is 0 Å². The van der Waals surface area contributed by atoms with Crippen LogP contribution in [0.25, 0.3) is 0 Å². The summed E-state index contributed by atoms with van der Waals surface area (Å²) in [6.45, 7) is 7.84. The minimum absolute atomic E-state index is 0.0528. The van der Waals surface area contributed by atoms with Gasteiger partial charge in [0.15, 0.2) is 5.60 Å². The lowest BCUT2D eigenvalue weighted by Gasteiger charge is -2.34. The second-order valence-corrected chi connectivity index (χ2v) is 10.5. The molecule has 0 aromatic heterocycles. The average molecular weight is 632 g/mol. The lowest BCUT2D eigenvalue weighted by atomic mass is 9.76. The van der Waals surface area contributed by atoms with Gasteiger partial charge in [-0.2, -0.15) is 0 Å². The topological polar surface area (TPSA) is 104 Å². The van der Waals surface area contributed by atoms with E-state index in [1.54, 1.807) is 24.3 Å². The highest BCUT2D eigenvalue weighted by Gasteiger charge is 2.53. The number of aromatic carboxylic acids is 1. The molecule has 194 valence electrons. The second-order valence-electron chi connectivity index (χ2n) is 8.95. The van der Waals surface area contributed by atoms with Gasteiger partial charge in [-0.15, -0.1) is 0 Å². The number of cyclic esters (lactones) is 1. The predicted molar refractivity (Wildman–Crippen MR) is 148 cm³/mol. The van der Waals surface area contributed by atoms with Crippen LogP contribution in [0.15, 0.2) is 39.3 Å². The van der Waals surface area contributed by atoms with Gasteiger partial charge >= 0.3 is 11.9 Å². The van der Waals surface area contributed by atoms with E-state index in [1.165, 1.54) is 6.07 Å². The first-order valence-electron chi connectivity index (χ1n) is 12.3. The maximum Gasteiger partial charge on any atom is 0.341 e. The lowest BCUT2D eigenvalue weighted by molar-refractivity contribution is 0.0243. The molecule has 0 saturated heterocycles. The number of benzene rings is 3. The van der Waals surface area contributed by atoms with E-state index in [-0.39, 0.29) is 22.6 Å². The summed E-state index contributed by atoms with van der Waals surface area (Å²) < 4.78 is 7.51. The SMILES string of the molecule is CCc1c(O)cc(C2(c3cc(O)c(CC)c(CC)c3Br)OC(=O)c3c(C(=O)O)cccc32)c(Br)c1CC. The zero-order chi connectivity index (χ0) is 27.2. The maximum absolute atomic E-state index is 13.5. The third-order valence-electron chi connectivity index (χ3n) is 7.21. The van der Waals surface area contributed by atoms with Crippen molar-refractivity contribution in [2.75, 3.05) is 0 Å². The largest absolute Gasteiger partial charge is 0.508 e. The van der Waals surface area contributed by atoms with Gasteiger partial charge in [-0.25, -0.2) is 9.59 Å². The van der Waals surface area contributed by atoms with Gasteiger partial charge in [0.25, 0.3) is 0 Å². The van der Waals surface area contributed by atoms with Crippen molar-refractivity contribution in [1.82, 2.24) is 0 Å². The van der Waals surface area contributed by atoms with Crippen LogP contribution in [0, 0.1) is 0 Å². The molecule has 1 heterocycles. The summed E-state index contributed by atoms with van der Waals surface area (Å²) in [4.78, 5) is 25.6. The zero-order valence-electron chi connectivity index (χ0n) is 21.0. The van der Waals surface area contributed by atoms with E-state index in [1.807, 2.05) is 27.7 Å². The summed E-state index contributed by atoms with van der Waals surface area (Å²) in [5.74, 6) is -1.94. The van der Waals surface area contributed by atoms with Crippen molar-refractivity contribution in [2.45, 2.75) is 59.0 Å². The number of carboxylic acid groups (broad SMARTS) is 1. The first-order chi connectivity index (χ1) is 17.6. The number of aromatic hydroxyl groups is 2. The molecule has 0 saturated carbocycles. The Morgan fingerprint density at radius 2 is 1.27 bits per heavy atom. The first-order valence-corrected chi connectivity index (χ1v) is 13.8. The number of halogens is 2. The standard InChI is InChI=1S/C29H28Br2O6/c1-5-14-16(7-3)25(30)20(12-22(14)32)29(21-13-23(33)15(6-2)17(8-4)26(21)31)19-11-9-10-18(27(34)35)24(19)28(36)37-29/h9-13,32-33H,5-8H2,1-4H3,(H,34,35). The molecule has 8 heteroatoms. The number of hydrogen-bond acceptors (Lipinski definition) is 5. The van der Waals surface area contributed by atoms with Crippen LogP contribution >= 0.6 is 31.9 Å². The number of ether oxygens (including phenoxy) is 1.